The zero-order valence-electron chi connectivity index (χ0n) is 11.8. The summed E-state index contributed by atoms with van der Waals surface area (Å²) in [6.45, 7) is 6.11. The van der Waals surface area contributed by atoms with Gasteiger partial charge in [0.1, 0.15) is 0 Å². The van der Waals surface area contributed by atoms with Crippen molar-refractivity contribution in [2.45, 2.75) is 51.5 Å². The third-order valence-corrected chi connectivity index (χ3v) is 4.83. The van der Waals surface area contributed by atoms with Crippen LogP contribution in [0.4, 0.5) is 0 Å². The van der Waals surface area contributed by atoms with Gasteiger partial charge in [0, 0.05) is 11.3 Å². The normalized spacial score (nSPS) is 18.4. The number of hydrogen-bond acceptors (Lipinski definition) is 4. The number of nitrogens with one attached hydrogen (secondary N) is 1. The first-order valence-electron chi connectivity index (χ1n) is 6.81. The van der Waals surface area contributed by atoms with E-state index in [0.29, 0.717) is 18.3 Å². The predicted molar refractivity (Wildman–Crippen MR) is 76.3 cm³/mol. The van der Waals surface area contributed by atoms with Gasteiger partial charge < -0.3 is 10.4 Å². The first kappa shape index (κ1) is 14.5. The van der Waals surface area contributed by atoms with Crippen LogP contribution >= 0.6 is 11.3 Å². The van der Waals surface area contributed by atoms with Crippen molar-refractivity contribution in [3.63, 3.8) is 0 Å². The monoisotopic (exact) mass is 282 g/mol. The molecule has 1 aromatic heterocycles. The average molecular weight is 282 g/mol. The Morgan fingerprint density at radius 3 is 2.79 bits per heavy atom. The highest BCUT2D eigenvalue weighted by atomic mass is 32.1. The molecule has 106 valence electrons. The van der Waals surface area contributed by atoms with Crippen LogP contribution in [-0.2, 0) is 11.2 Å². The smallest absolute Gasteiger partial charge is 0.226 e. The summed E-state index contributed by atoms with van der Waals surface area (Å²) >= 11 is 1.60. The van der Waals surface area contributed by atoms with Crippen molar-refractivity contribution < 1.29 is 9.90 Å². The van der Waals surface area contributed by atoms with E-state index < -0.39 is 5.54 Å². The second-order valence-corrected chi connectivity index (χ2v) is 6.80. The van der Waals surface area contributed by atoms with Crippen LogP contribution in [0.25, 0.3) is 0 Å². The van der Waals surface area contributed by atoms with Gasteiger partial charge in [0.25, 0.3) is 0 Å². The lowest BCUT2D eigenvalue weighted by Gasteiger charge is -2.28. The summed E-state index contributed by atoms with van der Waals surface area (Å²) in [5.41, 5.74) is 0.357. The van der Waals surface area contributed by atoms with Crippen LogP contribution in [0, 0.1) is 5.92 Å². The Hall–Kier alpha value is -0.940. The van der Waals surface area contributed by atoms with Crippen molar-refractivity contribution in [1.82, 2.24) is 10.3 Å². The van der Waals surface area contributed by atoms with Crippen molar-refractivity contribution >= 4 is 17.2 Å². The molecule has 5 heteroatoms. The van der Waals surface area contributed by atoms with Gasteiger partial charge >= 0.3 is 0 Å². The molecule has 0 spiro atoms. The van der Waals surface area contributed by atoms with Gasteiger partial charge in [0.05, 0.1) is 29.3 Å². The highest BCUT2D eigenvalue weighted by Crippen LogP contribution is 2.39. The van der Waals surface area contributed by atoms with E-state index in [-0.39, 0.29) is 12.5 Å². The third-order valence-electron chi connectivity index (χ3n) is 3.64. The third kappa shape index (κ3) is 3.54. The topological polar surface area (TPSA) is 62.2 Å². The molecule has 1 aliphatic carbocycles. The second-order valence-electron chi connectivity index (χ2n) is 5.91. The first-order valence-corrected chi connectivity index (χ1v) is 7.68. The number of amides is 1. The summed E-state index contributed by atoms with van der Waals surface area (Å²) in [5.74, 6) is 0.767. The number of aliphatic hydroxyl groups is 1. The fourth-order valence-electron chi connectivity index (χ4n) is 2.19. The fourth-order valence-corrected chi connectivity index (χ4v) is 3.02. The number of carbonyl (C=O) groups is 1. The number of aliphatic hydroxyl groups excluding tert-OH is 1. The van der Waals surface area contributed by atoms with Crippen LogP contribution in [0.2, 0.25) is 0 Å². The van der Waals surface area contributed by atoms with E-state index in [0.717, 1.165) is 23.5 Å². The molecule has 2 rings (SSSR count). The van der Waals surface area contributed by atoms with E-state index >= 15 is 0 Å². The fraction of sp³-hybridized carbons (Fsp3) is 0.714. The van der Waals surface area contributed by atoms with Crippen LogP contribution < -0.4 is 5.32 Å². The molecular formula is C14H22N2O2S. The van der Waals surface area contributed by atoms with Crippen LogP contribution in [-0.4, -0.2) is 28.1 Å². The molecule has 0 saturated heterocycles. The highest BCUT2D eigenvalue weighted by molar-refractivity contribution is 7.09. The Labute approximate surface area is 118 Å². The second kappa shape index (κ2) is 5.59. The molecule has 4 nitrogen and oxygen atoms in total. The molecule has 1 aliphatic rings. The number of hydrogen-bond donors (Lipinski definition) is 2. The van der Waals surface area contributed by atoms with Gasteiger partial charge in [-0.2, -0.15) is 0 Å². The maximum Gasteiger partial charge on any atom is 0.226 e. The Balaban J connectivity index is 1.93. The summed E-state index contributed by atoms with van der Waals surface area (Å²) in [4.78, 5) is 16.5. The molecule has 0 radical (unpaired) electrons. The first-order chi connectivity index (χ1) is 8.94. The average Bonchev–Trinajstić information content (AvgIpc) is 3.10. The largest absolute Gasteiger partial charge is 0.394 e. The SMILES string of the molecule is CC(C)c1nc(CC(=O)NC(C)(CO)C2CC2)cs1. The van der Waals surface area contributed by atoms with Gasteiger partial charge in [0.2, 0.25) is 5.91 Å². The van der Waals surface area contributed by atoms with Crippen LogP contribution in [0.5, 0.6) is 0 Å². The minimum Gasteiger partial charge on any atom is -0.394 e. The zero-order valence-corrected chi connectivity index (χ0v) is 12.6. The van der Waals surface area contributed by atoms with Gasteiger partial charge in [-0.15, -0.1) is 11.3 Å². The Morgan fingerprint density at radius 2 is 2.32 bits per heavy atom. The maximum atomic E-state index is 12.0. The molecule has 19 heavy (non-hydrogen) atoms. The number of rotatable bonds is 6. The lowest BCUT2D eigenvalue weighted by Crippen LogP contribution is -2.51. The Morgan fingerprint density at radius 1 is 1.63 bits per heavy atom. The summed E-state index contributed by atoms with van der Waals surface area (Å²) in [5, 5.41) is 15.4. The molecule has 1 aromatic rings. The van der Waals surface area contributed by atoms with Gasteiger partial charge in [-0.05, 0) is 25.7 Å². The van der Waals surface area contributed by atoms with Crippen LogP contribution in [0.3, 0.4) is 0 Å². The van der Waals surface area contributed by atoms with Gasteiger partial charge in [-0.3, -0.25) is 4.79 Å². The van der Waals surface area contributed by atoms with Crippen molar-refractivity contribution in [1.29, 1.82) is 0 Å². The summed E-state index contributed by atoms with van der Waals surface area (Å²) in [7, 11) is 0. The van der Waals surface area contributed by atoms with Crippen LogP contribution in [0.1, 0.15) is 50.2 Å². The van der Waals surface area contributed by atoms with Gasteiger partial charge in [0.15, 0.2) is 0 Å². The van der Waals surface area contributed by atoms with Gasteiger partial charge in [-0.1, -0.05) is 13.8 Å². The number of nitrogens with zero attached hydrogens (tertiary/aromatic N) is 1. The highest BCUT2D eigenvalue weighted by Gasteiger charge is 2.42. The van der Waals surface area contributed by atoms with E-state index in [1.165, 1.54) is 0 Å². The maximum absolute atomic E-state index is 12.0. The van der Waals surface area contributed by atoms with Gasteiger partial charge in [-0.25, -0.2) is 4.98 Å². The quantitative estimate of drug-likeness (QED) is 0.840. The molecular weight excluding hydrogens is 260 g/mol. The molecule has 0 aromatic carbocycles. The molecule has 1 fully saturated rings. The standard InChI is InChI=1S/C14H22N2O2S/c1-9(2)13-15-11(7-19-13)6-12(18)16-14(3,8-17)10-4-5-10/h7,9-10,17H,4-6,8H2,1-3H3,(H,16,18). The van der Waals surface area contributed by atoms with Crippen LogP contribution in [0.15, 0.2) is 5.38 Å². The lowest BCUT2D eigenvalue weighted by molar-refractivity contribution is -0.123. The molecule has 2 N–H and O–H groups in total. The summed E-state index contributed by atoms with van der Waals surface area (Å²) in [6.07, 6.45) is 2.47. The van der Waals surface area contributed by atoms with Crippen molar-refractivity contribution in [2.75, 3.05) is 6.61 Å². The van der Waals surface area contributed by atoms with Crippen molar-refractivity contribution in [3.05, 3.63) is 16.1 Å². The molecule has 1 atom stereocenters. The van der Waals surface area contributed by atoms with Crippen molar-refractivity contribution in [2.24, 2.45) is 5.92 Å². The van der Waals surface area contributed by atoms with E-state index in [1.54, 1.807) is 11.3 Å². The van der Waals surface area contributed by atoms with E-state index in [1.807, 2.05) is 12.3 Å². The van der Waals surface area contributed by atoms with Crippen molar-refractivity contribution in [3.8, 4) is 0 Å². The zero-order chi connectivity index (χ0) is 14.0. The molecule has 0 bridgehead atoms. The minimum atomic E-state index is -0.464. The van der Waals surface area contributed by atoms with E-state index in [2.05, 4.69) is 24.1 Å². The Bertz CT molecular complexity index is 454. The van der Waals surface area contributed by atoms with E-state index in [9.17, 15) is 9.90 Å². The number of thiazole rings is 1. The minimum absolute atomic E-state index is 0.00227. The predicted octanol–water partition coefficient (Wildman–Crippen LogP) is 2.09. The molecule has 1 saturated carbocycles. The number of aromatic nitrogens is 1. The summed E-state index contributed by atoms with van der Waals surface area (Å²) < 4.78 is 0. The number of carbonyl (C=O) groups excluding carboxylic acids is 1. The molecule has 0 aliphatic heterocycles. The van der Waals surface area contributed by atoms with E-state index in [4.69, 9.17) is 0 Å². The Kier molecular flexibility index (Phi) is 4.26. The molecule has 1 amide bonds. The molecule has 1 unspecified atom stereocenters. The molecule has 1 heterocycles. The summed E-state index contributed by atoms with van der Waals surface area (Å²) in [6, 6.07) is 0. The lowest BCUT2D eigenvalue weighted by atomic mass is 9.96.